The lowest BCUT2D eigenvalue weighted by atomic mass is 9.87. The van der Waals surface area contributed by atoms with Crippen LogP contribution in [0.1, 0.15) is 50.7 Å². The number of likely N-dealkylation sites (tertiary alicyclic amines) is 1. The van der Waals surface area contributed by atoms with Gasteiger partial charge in [-0.3, -0.25) is 4.90 Å². The monoisotopic (exact) mass is 502 g/mol. The van der Waals surface area contributed by atoms with Gasteiger partial charge in [-0.15, -0.1) is 0 Å². The molecule has 4 rings (SSSR count). The fourth-order valence-corrected chi connectivity index (χ4v) is 5.63. The molecule has 2 aliphatic rings. The van der Waals surface area contributed by atoms with Gasteiger partial charge in [-0.05, 0) is 110 Å². The lowest BCUT2D eigenvalue weighted by molar-refractivity contribution is 0.217. The number of aromatic hydroxyl groups is 1. The van der Waals surface area contributed by atoms with Gasteiger partial charge < -0.3 is 20.3 Å². The molecular formula is C32H42N2O3. The van der Waals surface area contributed by atoms with E-state index < -0.39 is 0 Å². The van der Waals surface area contributed by atoms with Crippen molar-refractivity contribution in [2.45, 2.75) is 39.5 Å². The van der Waals surface area contributed by atoms with E-state index >= 15 is 0 Å². The summed E-state index contributed by atoms with van der Waals surface area (Å²) in [5.74, 6) is 1.13. The van der Waals surface area contributed by atoms with E-state index in [1.165, 1.54) is 31.5 Å². The molecule has 0 aromatic heterocycles. The summed E-state index contributed by atoms with van der Waals surface area (Å²) < 4.78 is 6.14. The molecule has 0 amide bonds. The second-order valence-corrected chi connectivity index (χ2v) is 10.4. The van der Waals surface area contributed by atoms with Crippen molar-refractivity contribution in [2.24, 2.45) is 5.41 Å². The van der Waals surface area contributed by atoms with Crippen LogP contribution < -0.4 is 10.1 Å². The van der Waals surface area contributed by atoms with E-state index in [9.17, 15) is 10.2 Å². The van der Waals surface area contributed by atoms with Gasteiger partial charge in [0, 0.05) is 26.2 Å². The van der Waals surface area contributed by atoms with E-state index in [0.717, 1.165) is 54.1 Å². The Balaban J connectivity index is 1.52. The van der Waals surface area contributed by atoms with E-state index in [0.29, 0.717) is 18.4 Å². The molecule has 2 aromatic carbocycles. The molecule has 0 aliphatic carbocycles. The molecule has 1 unspecified atom stereocenters. The highest BCUT2D eigenvalue weighted by Crippen LogP contribution is 2.36. The molecule has 3 N–H and O–H groups in total. The highest BCUT2D eigenvalue weighted by molar-refractivity contribution is 5.85. The average Bonchev–Trinajstić information content (AvgIpc) is 3.55. The molecule has 2 aromatic rings. The standard InChI is InChI=1S/C32H42N2O3/c1-3-4-6-25(2)30(7-5-21-35)31(26-8-12-28(36)13-9-26)27-10-14-29(15-11-27)37-22-20-34-19-17-32(24-34)16-18-33-23-32/h3-4,6,8-15,33,35-36H,5,7,16-24H2,1-2H3/b4-3-,25-6+,31-30-. The maximum atomic E-state index is 9.88. The van der Waals surface area contributed by atoms with E-state index in [1.807, 2.05) is 31.2 Å². The van der Waals surface area contributed by atoms with Crippen LogP contribution in [0.4, 0.5) is 0 Å². The number of nitrogens with zero attached hydrogens (tertiary/aromatic N) is 1. The van der Waals surface area contributed by atoms with Crippen LogP contribution >= 0.6 is 0 Å². The Morgan fingerprint density at radius 1 is 1.08 bits per heavy atom. The molecule has 1 spiro atoms. The number of phenolic OH excluding ortho intramolecular Hbond substituents is 1. The minimum Gasteiger partial charge on any atom is -0.508 e. The van der Waals surface area contributed by atoms with Crippen molar-refractivity contribution in [1.29, 1.82) is 0 Å². The number of nitrogens with one attached hydrogen (secondary N) is 1. The Hall–Kier alpha value is -2.86. The summed E-state index contributed by atoms with van der Waals surface area (Å²) in [4.78, 5) is 2.54. The fraction of sp³-hybridized carbons (Fsp3) is 0.438. The highest BCUT2D eigenvalue weighted by atomic mass is 16.5. The van der Waals surface area contributed by atoms with Gasteiger partial charge in [0.05, 0.1) is 0 Å². The van der Waals surface area contributed by atoms with Crippen LogP contribution in [0.15, 0.2) is 77.9 Å². The van der Waals surface area contributed by atoms with Crippen molar-refractivity contribution in [3.05, 3.63) is 89.0 Å². The molecule has 5 heteroatoms. The number of rotatable bonds is 11. The molecule has 198 valence electrons. The smallest absolute Gasteiger partial charge is 0.119 e. The predicted octanol–water partition coefficient (Wildman–Crippen LogP) is 5.55. The van der Waals surface area contributed by atoms with E-state index in [4.69, 9.17) is 4.74 Å². The summed E-state index contributed by atoms with van der Waals surface area (Å²) in [6.45, 7) is 10.6. The normalized spacial score (nSPS) is 21.2. The third-order valence-corrected chi connectivity index (χ3v) is 7.73. The maximum Gasteiger partial charge on any atom is 0.119 e. The highest BCUT2D eigenvalue weighted by Gasteiger charge is 2.39. The second kappa shape index (κ2) is 13.1. The largest absolute Gasteiger partial charge is 0.508 e. The Morgan fingerprint density at radius 3 is 2.46 bits per heavy atom. The topological polar surface area (TPSA) is 65.0 Å². The third-order valence-electron chi connectivity index (χ3n) is 7.73. The summed E-state index contributed by atoms with van der Waals surface area (Å²) in [5, 5.41) is 23.0. The molecule has 0 radical (unpaired) electrons. The molecule has 5 nitrogen and oxygen atoms in total. The lowest BCUT2D eigenvalue weighted by Crippen LogP contribution is -2.31. The van der Waals surface area contributed by atoms with Gasteiger partial charge in [0.1, 0.15) is 18.1 Å². The summed E-state index contributed by atoms with van der Waals surface area (Å²) >= 11 is 0. The molecule has 0 bridgehead atoms. The first-order valence-corrected chi connectivity index (χ1v) is 13.6. The summed E-state index contributed by atoms with van der Waals surface area (Å²) in [5.41, 5.74) is 6.09. The fourth-order valence-electron chi connectivity index (χ4n) is 5.63. The zero-order valence-electron chi connectivity index (χ0n) is 22.4. The molecule has 2 heterocycles. The van der Waals surface area contributed by atoms with Crippen LogP contribution in [0, 0.1) is 5.41 Å². The minimum absolute atomic E-state index is 0.144. The first-order valence-electron chi connectivity index (χ1n) is 13.6. The SMILES string of the molecule is C\C=C/C=C(C)/C(CCCO)=C(/c1ccc(O)cc1)c1ccc(OCCN2CCC3(CCNC3)C2)cc1. The minimum atomic E-state index is 0.144. The Labute approximate surface area is 222 Å². The van der Waals surface area contributed by atoms with Crippen molar-refractivity contribution in [1.82, 2.24) is 10.2 Å². The first kappa shape index (κ1) is 27.2. The van der Waals surface area contributed by atoms with Gasteiger partial charge in [0.25, 0.3) is 0 Å². The Kier molecular flexibility index (Phi) is 9.62. The number of phenols is 1. The van der Waals surface area contributed by atoms with Crippen LogP contribution in [0.2, 0.25) is 0 Å². The van der Waals surface area contributed by atoms with Crippen molar-refractivity contribution < 1.29 is 14.9 Å². The summed E-state index contributed by atoms with van der Waals surface area (Å²) in [6, 6.07) is 15.7. The van der Waals surface area contributed by atoms with Crippen LogP contribution in [0.5, 0.6) is 11.5 Å². The van der Waals surface area contributed by atoms with Gasteiger partial charge >= 0.3 is 0 Å². The third kappa shape index (κ3) is 7.13. The number of hydrogen-bond acceptors (Lipinski definition) is 5. The zero-order chi connectivity index (χ0) is 26.1. The second-order valence-electron chi connectivity index (χ2n) is 10.4. The summed E-state index contributed by atoms with van der Waals surface area (Å²) in [6.07, 6.45) is 10.2. The molecule has 1 atom stereocenters. The van der Waals surface area contributed by atoms with Crippen LogP contribution in [-0.4, -0.2) is 61.1 Å². The van der Waals surface area contributed by atoms with Gasteiger partial charge in [0.2, 0.25) is 0 Å². The van der Waals surface area contributed by atoms with Crippen LogP contribution in [0.25, 0.3) is 5.57 Å². The molecular weight excluding hydrogens is 460 g/mol. The van der Waals surface area contributed by atoms with E-state index in [2.05, 4.69) is 47.5 Å². The zero-order valence-corrected chi connectivity index (χ0v) is 22.4. The number of benzene rings is 2. The number of aliphatic hydroxyl groups is 1. The van der Waals surface area contributed by atoms with E-state index in [-0.39, 0.29) is 12.4 Å². The average molecular weight is 503 g/mol. The van der Waals surface area contributed by atoms with Gasteiger partial charge in [-0.1, -0.05) is 42.5 Å². The first-order chi connectivity index (χ1) is 18.0. The number of ether oxygens (including phenoxy) is 1. The van der Waals surface area contributed by atoms with Gasteiger partial charge in [-0.2, -0.15) is 0 Å². The molecule has 0 saturated carbocycles. The Bertz CT molecular complexity index is 1090. The molecule has 2 saturated heterocycles. The van der Waals surface area contributed by atoms with Crippen molar-refractivity contribution in [3.8, 4) is 11.5 Å². The van der Waals surface area contributed by atoms with Gasteiger partial charge in [0.15, 0.2) is 0 Å². The van der Waals surface area contributed by atoms with Crippen molar-refractivity contribution in [2.75, 3.05) is 45.9 Å². The number of allylic oxidation sites excluding steroid dienone is 5. The lowest BCUT2D eigenvalue weighted by Gasteiger charge is -2.22. The van der Waals surface area contributed by atoms with E-state index in [1.54, 1.807) is 12.1 Å². The van der Waals surface area contributed by atoms with Crippen molar-refractivity contribution >= 4 is 5.57 Å². The number of hydrogen-bond donors (Lipinski definition) is 3. The van der Waals surface area contributed by atoms with Crippen molar-refractivity contribution in [3.63, 3.8) is 0 Å². The summed E-state index contributed by atoms with van der Waals surface area (Å²) in [7, 11) is 0. The maximum absolute atomic E-state index is 9.88. The molecule has 37 heavy (non-hydrogen) atoms. The molecule has 2 fully saturated rings. The van der Waals surface area contributed by atoms with Crippen LogP contribution in [0.3, 0.4) is 0 Å². The predicted molar refractivity (Wildman–Crippen MR) is 152 cm³/mol. The number of aliphatic hydroxyl groups excluding tert-OH is 1. The Morgan fingerprint density at radius 2 is 1.81 bits per heavy atom. The van der Waals surface area contributed by atoms with Gasteiger partial charge in [-0.25, -0.2) is 0 Å². The van der Waals surface area contributed by atoms with Crippen LogP contribution in [-0.2, 0) is 0 Å². The molecule has 2 aliphatic heterocycles. The quantitative estimate of drug-likeness (QED) is 0.352.